The Morgan fingerprint density at radius 2 is 2.00 bits per heavy atom. The number of hydrogen-bond donors (Lipinski definition) is 2. The molecule has 0 aliphatic carbocycles. The maximum atomic E-state index is 12.4. The third kappa shape index (κ3) is 4.86. The highest BCUT2D eigenvalue weighted by Crippen LogP contribution is 2.19. The summed E-state index contributed by atoms with van der Waals surface area (Å²) in [6, 6.07) is 0. The second-order valence-electron chi connectivity index (χ2n) is 6.65. The van der Waals surface area contributed by atoms with E-state index in [9.17, 15) is 14.4 Å². The van der Waals surface area contributed by atoms with Gasteiger partial charge in [0.1, 0.15) is 5.69 Å². The van der Waals surface area contributed by atoms with Crippen molar-refractivity contribution in [3.8, 4) is 0 Å². The molecule has 1 saturated heterocycles. The molecule has 1 aliphatic heterocycles. The largest absolute Gasteiger partial charge is 0.462 e. The van der Waals surface area contributed by atoms with Gasteiger partial charge in [-0.15, -0.1) is 0 Å². The van der Waals surface area contributed by atoms with Gasteiger partial charge in [0.15, 0.2) is 0 Å². The zero-order valence-corrected chi connectivity index (χ0v) is 15.9. The predicted octanol–water partition coefficient (Wildman–Crippen LogP) is 2.33. The number of nitrogens with zero attached hydrogens (tertiary/aromatic N) is 1. The lowest BCUT2D eigenvalue weighted by atomic mass is 10.1. The standard InChI is InChI=1S/C19H29N3O4/c1-4-26-19(25)16-13(2)17(21-14(16)3)18(24)20-10-8-12-22-11-7-5-6-9-15(22)23/h21H,4-12H2,1-3H3,(H,20,24). The van der Waals surface area contributed by atoms with Crippen molar-refractivity contribution in [2.45, 2.75) is 52.9 Å². The van der Waals surface area contributed by atoms with Gasteiger partial charge in [-0.05, 0) is 45.6 Å². The highest BCUT2D eigenvalue weighted by atomic mass is 16.5. The summed E-state index contributed by atoms with van der Waals surface area (Å²) < 4.78 is 5.04. The second kappa shape index (κ2) is 9.40. The summed E-state index contributed by atoms with van der Waals surface area (Å²) in [7, 11) is 0. The minimum Gasteiger partial charge on any atom is -0.462 e. The molecule has 2 N–H and O–H groups in total. The molecule has 0 atom stereocenters. The summed E-state index contributed by atoms with van der Waals surface area (Å²) in [5.74, 6) is -0.454. The Labute approximate surface area is 154 Å². The van der Waals surface area contributed by atoms with Crippen molar-refractivity contribution in [1.82, 2.24) is 15.2 Å². The fraction of sp³-hybridized carbons (Fsp3) is 0.632. The molecular weight excluding hydrogens is 334 g/mol. The lowest BCUT2D eigenvalue weighted by molar-refractivity contribution is -0.130. The average molecular weight is 363 g/mol. The molecule has 0 radical (unpaired) electrons. The quantitative estimate of drug-likeness (QED) is 0.574. The molecule has 0 saturated carbocycles. The Morgan fingerprint density at radius 3 is 2.73 bits per heavy atom. The number of amides is 2. The molecule has 1 aliphatic rings. The lowest BCUT2D eigenvalue weighted by Gasteiger charge is -2.20. The first kappa shape index (κ1) is 20.0. The molecule has 1 fully saturated rings. The van der Waals surface area contributed by atoms with Crippen molar-refractivity contribution in [3.63, 3.8) is 0 Å². The summed E-state index contributed by atoms with van der Waals surface area (Å²) in [5.41, 5.74) is 2.03. The number of hydrogen-bond acceptors (Lipinski definition) is 4. The summed E-state index contributed by atoms with van der Waals surface area (Å²) in [5, 5.41) is 2.86. The number of aryl methyl sites for hydroxylation is 1. The van der Waals surface area contributed by atoms with E-state index in [2.05, 4.69) is 10.3 Å². The molecule has 2 heterocycles. The zero-order chi connectivity index (χ0) is 19.1. The number of aromatic nitrogens is 1. The van der Waals surface area contributed by atoms with Crippen LogP contribution in [0.15, 0.2) is 0 Å². The highest BCUT2D eigenvalue weighted by Gasteiger charge is 2.22. The Hall–Kier alpha value is -2.31. The van der Waals surface area contributed by atoms with Gasteiger partial charge in [0.2, 0.25) is 5.91 Å². The maximum absolute atomic E-state index is 12.4. The first-order chi connectivity index (χ1) is 12.5. The van der Waals surface area contributed by atoms with Crippen LogP contribution >= 0.6 is 0 Å². The number of nitrogens with one attached hydrogen (secondary N) is 2. The van der Waals surface area contributed by atoms with Gasteiger partial charge in [-0.1, -0.05) is 6.42 Å². The van der Waals surface area contributed by atoms with Gasteiger partial charge in [-0.2, -0.15) is 0 Å². The van der Waals surface area contributed by atoms with Crippen molar-refractivity contribution in [3.05, 3.63) is 22.5 Å². The predicted molar refractivity (Wildman–Crippen MR) is 98.2 cm³/mol. The van der Waals surface area contributed by atoms with Crippen molar-refractivity contribution < 1.29 is 19.1 Å². The van der Waals surface area contributed by atoms with E-state index in [1.54, 1.807) is 20.8 Å². The van der Waals surface area contributed by atoms with Gasteiger partial charge in [0.25, 0.3) is 5.91 Å². The molecular formula is C19H29N3O4. The van der Waals surface area contributed by atoms with Crippen LogP contribution in [0.5, 0.6) is 0 Å². The molecule has 144 valence electrons. The van der Waals surface area contributed by atoms with Crippen LogP contribution in [-0.4, -0.2) is 53.9 Å². The molecule has 0 spiro atoms. The first-order valence-corrected chi connectivity index (χ1v) is 9.38. The Bertz CT molecular complexity index is 666. The van der Waals surface area contributed by atoms with Crippen LogP contribution in [-0.2, 0) is 9.53 Å². The van der Waals surface area contributed by atoms with Crippen LogP contribution in [0.1, 0.15) is 71.1 Å². The number of aromatic amines is 1. The number of ether oxygens (including phenoxy) is 1. The minimum absolute atomic E-state index is 0.212. The Morgan fingerprint density at radius 1 is 1.23 bits per heavy atom. The first-order valence-electron chi connectivity index (χ1n) is 9.38. The Balaban J connectivity index is 1.87. The number of likely N-dealkylation sites (tertiary alicyclic amines) is 1. The van der Waals surface area contributed by atoms with E-state index >= 15 is 0 Å². The second-order valence-corrected chi connectivity index (χ2v) is 6.65. The summed E-state index contributed by atoms with van der Waals surface area (Å²) >= 11 is 0. The molecule has 0 aromatic carbocycles. The number of rotatable bonds is 7. The normalized spacial score (nSPS) is 14.9. The van der Waals surface area contributed by atoms with Crippen LogP contribution in [0, 0.1) is 13.8 Å². The lowest BCUT2D eigenvalue weighted by Crippen LogP contribution is -2.34. The third-order valence-corrected chi connectivity index (χ3v) is 4.71. The average Bonchev–Trinajstić information content (AvgIpc) is 2.76. The highest BCUT2D eigenvalue weighted by molar-refractivity contribution is 6.00. The van der Waals surface area contributed by atoms with E-state index < -0.39 is 5.97 Å². The Kier molecular flexibility index (Phi) is 7.24. The third-order valence-electron chi connectivity index (χ3n) is 4.71. The summed E-state index contributed by atoms with van der Waals surface area (Å²) in [4.78, 5) is 41.2. The van der Waals surface area contributed by atoms with Crippen LogP contribution in [0.25, 0.3) is 0 Å². The van der Waals surface area contributed by atoms with Gasteiger partial charge < -0.3 is 19.9 Å². The van der Waals surface area contributed by atoms with E-state index in [1.165, 1.54) is 0 Å². The SMILES string of the molecule is CCOC(=O)c1c(C)[nH]c(C(=O)NCCCN2CCCCCC2=O)c1C. The minimum atomic E-state index is -0.419. The molecule has 0 unspecified atom stereocenters. The monoisotopic (exact) mass is 363 g/mol. The van der Waals surface area contributed by atoms with E-state index in [1.807, 2.05) is 4.90 Å². The van der Waals surface area contributed by atoms with Gasteiger partial charge in [0.05, 0.1) is 12.2 Å². The van der Waals surface area contributed by atoms with Crippen LogP contribution < -0.4 is 5.32 Å². The molecule has 1 aromatic rings. The van der Waals surface area contributed by atoms with Crippen molar-refractivity contribution in [2.24, 2.45) is 0 Å². The van der Waals surface area contributed by atoms with Gasteiger partial charge in [-0.25, -0.2) is 4.79 Å². The molecule has 1 aromatic heterocycles. The summed E-state index contributed by atoms with van der Waals surface area (Å²) in [6.07, 6.45) is 4.47. The molecule has 26 heavy (non-hydrogen) atoms. The van der Waals surface area contributed by atoms with Crippen LogP contribution in [0.2, 0.25) is 0 Å². The van der Waals surface area contributed by atoms with E-state index in [0.29, 0.717) is 55.1 Å². The van der Waals surface area contributed by atoms with Crippen LogP contribution in [0.3, 0.4) is 0 Å². The van der Waals surface area contributed by atoms with Crippen LogP contribution in [0.4, 0.5) is 0 Å². The van der Waals surface area contributed by atoms with Crippen molar-refractivity contribution in [2.75, 3.05) is 26.2 Å². The van der Waals surface area contributed by atoms with E-state index in [-0.39, 0.29) is 11.8 Å². The number of esters is 1. The van der Waals surface area contributed by atoms with Gasteiger partial charge >= 0.3 is 5.97 Å². The van der Waals surface area contributed by atoms with E-state index in [4.69, 9.17) is 4.74 Å². The molecule has 7 nitrogen and oxygen atoms in total. The molecule has 2 amide bonds. The molecule has 0 bridgehead atoms. The summed E-state index contributed by atoms with van der Waals surface area (Å²) in [6.45, 7) is 7.48. The van der Waals surface area contributed by atoms with Gasteiger partial charge in [0, 0.05) is 31.7 Å². The van der Waals surface area contributed by atoms with Gasteiger partial charge in [-0.3, -0.25) is 9.59 Å². The zero-order valence-electron chi connectivity index (χ0n) is 15.9. The van der Waals surface area contributed by atoms with Crippen molar-refractivity contribution >= 4 is 17.8 Å². The topological polar surface area (TPSA) is 91.5 Å². The number of carbonyl (C=O) groups excluding carboxylic acids is 3. The smallest absolute Gasteiger partial charge is 0.340 e. The fourth-order valence-corrected chi connectivity index (χ4v) is 3.32. The maximum Gasteiger partial charge on any atom is 0.340 e. The number of H-pyrrole nitrogens is 1. The molecule has 2 rings (SSSR count). The van der Waals surface area contributed by atoms with Crippen molar-refractivity contribution in [1.29, 1.82) is 0 Å². The fourth-order valence-electron chi connectivity index (χ4n) is 3.32. The molecule has 7 heteroatoms. The van der Waals surface area contributed by atoms with E-state index in [0.717, 1.165) is 25.8 Å². The number of carbonyl (C=O) groups is 3.